The summed E-state index contributed by atoms with van der Waals surface area (Å²) in [7, 11) is 1.73. The highest BCUT2D eigenvalue weighted by Crippen LogP contribution is 2.47. The first-order valence-corrected chi connectivity index (χ1v) is 11.2. The van der Waals surface area contributed by atoms with Crippen LogP contribution in [0.5, 0.6) is 5.75 Å². The van der Waals surface area contributed by atoms with E-state index in [1.54, 1.807) is 7.11 Å². The Hall–Kier alpha value is -3.26. The van der Waals surface area contributed by atoms with E-state index in [4.69, 9.17) is 4.74 Å². The minimum Gasteiger partial charge on any atom is -0.496 e. The predicted octanol–water partition coefficient (Wildman–Crippen LogP) is 4.44. The van der Waals surface area contributed by atoms with Crippen molar-refractivity contribution in [2.75, 3.05) is 25.6 Å². The molecular weight excluding hydrogens is 396 g/mol. The van der Waals surface area contributed by atoms with Gasteiger partial charge in [0.25, 0.3) is 0 Å². The zero-order valence-electron chi connectivity index (χ0n) is 18.3. The molecular formula is C28H28N2O2. The van der Waals surface area contributed by atoms with Gasteiger partial charge in [-0.1, -0.05) is 48.2 Å². The summed E-state index contributed by atoms with van der Waals surface area (Å²) in [6.45, 7) is 1.95. The molecule has 0 bridgehead atoms. The normalized spacial score (nSPS) is 21.6. The molecule has 3 aromatic rings. The number of hydrogen-bond donors (Lipinski definition) is 2. The van der Waals surface area contributed by atoms with Gasteiger partial charge in [-0.3, -0.25) is 4.90 Å². The van der Waals surface area contributed by atoms with Crippen LogP contribution < -0.4 is 10.1 Å². The van der Waals surface area contributed by atoms with Crippen LogP contribution in [0.1, 0.15) is 34.7 Å². The Morgan fingerprint density at radius 1 is 1.00 bits per heavy atom. The second-order valence-electron chi connectivity index (χ2n) is 8.53. The smallest absolute Gasteiger partial charge is 0.123 e. The summed E-state index contributed by atoms with van der Waals surface area (Å²) < 4.78 is 5.60. The van der Waals surface area contributed by atoms with Crippen LogP contribution in [0.4, 0.5) is 5.69 Å². The van der Waals surface area contributed by atoms with Gasteiger partial charge in [0.15, 0.2) is 0 Å². The Labute approximate surface area is 189 Å². The Balaban J connectivity index is 1.49. The Morgan fingerprint density at radius 2 is 1.78 bits per heavy atom. The lowest BCUT2D eigenvalue weighted by Crippen LogP contribution is -2.41. The van der Waals surface area contributed by atoms with Crippen LogP contribution in [0.3, 0.4) is 0 Å². The average Bonchev–Trinajstić information content (AvgIpc) is 3.27. The monoisotopic (exact) mass is 424 g/mol. The van der Waals surface area contributed by atoms with E-state index in [1.165, 1.54) is 11.1 Å². The molecule has 162 valence electrons. The zero-order valence-corrected chi connectivity index (χ0v) is 18.3. The molecule has 4 heteroatoms. The van der Waals surface area contributed by atoms with Crippen LogP contribution in [0.2, 0.25) is 0 Å². The van der Waals surface area contributed by atoms with E-state index in [2.05, 4.69) is 52.4 Å². The number of rotatable bonds is 4. The summed E-state index contributed by atoms with van der Waals surface area (Å²) in [5.74, 6) is 7.89. The Morgan fingerprint density at radius 3 is 2.59 bits per heavy atom. The van der Waals surface area contributed by atoms with Gasteiger partial charge in [0, 0.05) is 40.9 Å². The number of nitrogens with one attached hydrogen (secondary N) is 1. The van der Waals surface area contributed by atoms with Crippen molar-refractivity contribution in [3.05, 3.63) is 95.1 Å². The van der Waals surface area contributed by atoms with Crippen LogP contribution in [-0.4, -0.2) is 36.3 Å². The summed E-state index contributed by atoms with van der Waals surface area (Å²) in [5, 5.41) is 13.6. The lowest BCUT2D eigenvalue weighted by atomic mass is 9.82. The van der Waals surface area contributed by atoms with Crippen molar-refractivity contribution < 1.29 is 9.84 Å². The summed E-state index contributed by atoms with van der Waals surface area (Å²) in [5.41, 5.74) is 5.59. The first-order valence-electron chi connectivity index (χ1n) is 11.2. The molecule has 2 aliphatic heterocycles. The fraction of sp³-hybridized carbons (Fsp3) is 0.286. The van der Waals surface area contributed by atoms with Gasteiger partial charge in [0.1, 0.15) is 5.75 Å². The van der Waals surface area contributed by atoms with Gasteiger partial charge in [-0.25, -0.2) is 0 Å². The molecule has 1 saturated heterocycles. The molecule has 0 aromatic heterocycles. The number of aliphatic hydroxyl groups excluding tert-OH is 1. The van der Waals surface area contributed by atoms with Gasteiger partial charge in [0.05, 0.1) is 19.8 Å². The summed E-state index contributed by atoms with van der Waals surface area (Å²) >= 11 is 0. The SMILES string of the molecule is COc1ccccc1CN1CC[C@@H]2[C@H]1c1cc(C#Cc3ccccc3)ccc1N[C@@H]2CO. The number of likely N-dealkylation sites (tertiary alicyclic amines) is 1. The third-order valence-electron chi connectivity index (χ3n) is 6.66. The van der Waals surface area contributed by atoms with Gasteiger partial charge in [-0.05, 0) is 54.9 Å². The van der Waals surface area contributed by atoms with Crippen molar-refractivity contribution in [1.29, 1.82) is 0 Å². The number of anilines is 1. The van der Waals surface area contributed by atoms with Crippen LogP contribution in [0, 0.1) is 17.8 Å². The molecule has 1 fully saturated rings. The highest BCUT2D eigenvalue weighted by molar-refractivity contribution is 5.60. The van der Waals surface area contributed by atoms with Gasteiger partial charge in [-0.15, -0.1) is 0 Å². The van der Waals surface area contributed by atoms with E-state index in [-0.39, 0.29) is 18.7 Å². The van der Waals surface area contributed by atoms with Crippen LogP contribution in [-0.2, 0) is 6.54 Å². The van der Waals surface area contributed by atoms with Gasteiger partial charge in [-0.2, -0.15) is 0 Å². The third kappa shape index (κ3) is 3.98. The van der Waals surface area contributed by atoms with E-state index in [0.29, 0.717) is 5.92 Å². The van der Waals surface area contributed by atoms with E-state index >= 15 is 0 Å². The van der Waals surface area contributed by atoms with Crippen LogP contribution in [0.15, 0.2) is 72.8 Å². The molecule has 0 amide bonds. The number of hydrogen-bond acceptors (Lipinski definition) is 4. The second-order valence-corrected chi connectivity index (χ2v) is 8.53. The average molecular weight is 425 g/mol. The molecule has 0 unspecified atom stereocenters. The minimum absolute atomic E-state index is 0.0661. The Kier molecular flexibility index (Phi) is 5.85. The molecule has 5 rings (SSSR count). The van der Waals surface area contributed by atoms with Gasteiger partial charge >= 0.3 is 0 Å². The molecule has 0 saturated carbocycles. The number of methoxy groups -OCH3 is 1. The quantitative estimate of drug-likeness (QED) is 0.608. The minimum atomic E-state index is 0.0661. The number of benzene rings is 3. The molecule has 2 N–H and O–H groups in total. The molecule has 0 spiro atoms. The van der Waals surface area contributed by atoms with Gasteiger partial charge < -0.3 is 15.2 Å². The number of aliphatic hydroxyl groups is 1. The van der Waals surface area contributed by atoms with Gasteiger partial charge in [0.2, 0.25) is 0 Å². The van der Waals surface area contributed by atoms with Crippen molar-refractivity contribution in [2.45, 2.75) is 25.0 Å². The van der Waals surface area contributed by atoms with Crippen molar-refractivity contribution >= 4 is 5.69 Å². The first kappa shape index (κ1) is 20.6. The number of para-hydroxylation sites is 1. The molecule has 0 radical (unpaired) electrons. The lowest BCUT2D eigenvalue weighted by Gasteiger charge is -2.39. The summed E-state index contributed by atoms with van der Waals surface area (Å²) in [4.78, 5) is 2.53. The van der Waals surface area contributed by atoms with Crippen molar-refractivity contribution in [3.8, 4) is 17.6 Å². The van der Waals surface area contributed by atoms with Crippen molar-refractivity contribution in [3.63, 3.8) is 0 Å². The third-order valence-corrected chi connectivity index (χ3v) is 6.66. The molecule has 3 aromatic carbocycles. The molecule has 0 aliphatic carbocycles. The number of nitrogens with zero attached hydrogens (tertiary/aromatic N) is 1. The second kappa shape index (κ2) is 9.08. The summed E-state index contributed by atoms with van der Waals surface area (Å²) in [6, 6.07) is 25.0. The highest BCUT2D eigenvalue weighted by atomic mass is 16.5. The molecule has 2 aliphatic rings. The maximum Gasteiger partial charge on any atom is 0.123 e. The number of ether oxygens (including phenoxy) is 1. The van der Waals surface area contributed by atoms with E-state index in [1.807, 2.05) is 42.5 Å². The first-order chi connectivity index (χ1) is 15.8. The predicted molar refractivity (Wildman–Crippen MR) is 128 cm³/mol. The molecule has 32 heavy (non-hydrogen) atoms. The van der Waals surface area contributed by atoms with Crippen LogP contribution in [0.25, 0.3) is 0 Å². The summed E-state index contributed by atoms with van der Waals surface area (Å²) in [6.07, 6.45) is 1.05. The fourth-order valence-corrected chi connectivity index (χ4v) is 5.13. The van der Waals surface area contributed by atoms with E-state index < -0.39 is 0 Å². The topological polar surface area (TPSA) is 44.7 Å². The maximum atomic E-state index is 10.1. The van der Waals surface area contributed by atoms with Crippen molar-refractivity contribution in [1.82, 2.24) is 4.90 Å². The highest BCUT2D eigenvalue weighted by Gasteiger charge is 2.43. The number of fused-ring (bicyclic) bond motifs is 3. The largest absolute Gasteiger partial charge is 0.496 e. The van der Waals surface area contributed by atoms with Crippen LogP contribution >= 0.6 is 0 Å². The molecule has 3 atom stereocenters. The molecule has 2 heterocycles. The lowest BCUT2D eigenvalue weighted by molar-refractivity contribution is 0.171. The molecule has 4 nitrogen and oxygen atoms in total. The van der Waals surface area contributed by atoms with E-state index in [0.717, 1.165) is 42.1 Å². The van der Waals surface area contributed by atoms with Crippen molar-refractivity contribution in [2.24, 2.45) is 5.92 Å². The fourth-order valence-electron chi connectivity index (χ4n) is 5.13. The van der Waals surface area contributed by atoms with E-state index in [9.17, 15) is 5.11 Å². The Bertz CT molecular complexity index is 1150. The standard InChI is InChI=1S/C28H28N2O2/c1-32-27-10-6-5-9-22(27)18-30-16-15-23-26(19-31)29-25-14-13-21(17-24(25)28(23)30)12-11-20-7-3-2-4-8-20/h2-10,13-14,17,23,26,28-29,31H,15-16,18-19H2,1H3/t23-,26+,28-/m0/s1. The maximum absolute atomic E-state index is 10.1. The zero-order chi connectivity index (χ0) is 21.9.